The van der Waals surface area contributed by atoms with Crippen LogP contribution in [-0.2, 0) is 0 Å². The predicted octanol–water partition coefficient (Wildman–Crippen LogP) is 5.04. The van der Waals surface area contributed by atoms with Crippen molar-refractivity contribution in [2.45, 2.75) is 23.9 Å². The second-order valence-electron chi connectivity index (χ2n) is 6.34. The maximum Gasteiger partial charge on any atom is 0.460 e. The third kappa shape index (κ3) is 2.80. The van der Waals surface area contributed by atoms with Crippen LogP contribution in [-0.4, -0.2) is 42.5 Å². The summed E-state index contributed by atoms with van der Waals surface area (Å²) >= 11 is 0. The van der Waals surface area contributed by atoms with Gasteiger partial charge in [0.15, 0.2) is 0 Å². The Labute approximate surface area is 155 Å². The number of fused-ring (bicyclic) bond motifs is 3. The molecule has 0 aromatic heterocycles. The van der Waals surface area contributed by atoms with Crippen LogP contribution < -0.4 is 0 Å². The number of alkyl halides is 7. The van der Waals surface area contributed by atoms with E-state index < -0.39 is 35.2 Å². The number of aliphatic imine (C=N–C) groups is 1. The van der Waals surface area contributed by atoms with E-state index >= 15 is 0 Å². The van der Waals surface area contributed by atoms with E-state index in [0.717, 1.165) is 19.2 Å². The van der Waals surface area contributed by atoms with Crippen LogP contribution in [0.1, 0.15) is 22.6 Å². The number of rotatable bonds is 4. The molecule has 0 saturated carbocycles. The molecule has 1 unspecified atom stereocenters. The van der Waals surface area contributed by atoms with Gasteiger partial charge in [-0.15, -0.1) is 0 Å². The molecule has 2 aromatic rings. The standard InChI is InChI=1S/C19H14F7NO/c1-27-16(17(20,21)18(22,23)19(24,25)26)10-6-7-13-14(8-10)11-4-2-3-5-12(11)15(13)9-28/h2-8,15,28H,9H2,1H3. The van der Waals surface area contributed by atoms with Gasteiger partial charge >= 0.3 is 18.0 Å². The minimum Gasteiger partial charge on any atom is -0.395 e. The van der Waals surface area contributed by atoms with Crippen LogP contribution in [0.25, 0.3) is 11.1 Å². The lowest BCUT2D eigenvalue weighted by molar-refractivity contribution is -0.336. The zero-order valence-corrected chi connectivity index (χ0v) is 14.4. The Hall–Kier alpha value is -2.42. The molecule has 0 fully saturated rings. The molecule has 0 radical (unpaired) electrons. The Morgan fingerprint density at radius 1 is 0.929 bits per heavy atom. The Balaban J connectivity index is 2.14. The summed E-state index contributed by atoms with van der Waals surface area (Å²) in [7, 11) is 0.730. The summed E-state index contributed by atoms with van der Waals surface area (Å²) in [6.07, 6.45) is -6.45. The minimum absolute atomic E-state index is 0.277. The van der Waals surface area contributed by atoms with Crippen molar-refractivity contribution in [3.63, 3.8) is 0 Å². The van der Waals surface area contributed by atoms with E-state index in [2.05, 4.69) is 4.99 Å². The van der Waals surface area contributed by atoms with Gasteiger partial charge < -0.3 is 5.11 Å². The average molecular weight is 405 g/mol. The highest BCUT2D eigenvalue weighted by Gasteiger charge is 2.74. The first-order valence-corrected chi connectivity index (χ1v) is 8.11. The molecule has 1 N–H and O–H groups in total. The van der Waals surface area contributed by atoms with Crippen LogP contribution in [0.3, 0.4) is 0 Å². The van der Waals surface area contributed by atoms with Crippen LogP contribution in [0.2, 0.25) is 0 Å². The molecule has 9 heteroatoms. The first-order valence-electron chi connectivity index (χ1n) is 8.11. The lowest BCUT2D eigenvalue weighted by Gasteiger charge is -2.29. The minimum atomic E-state index is -6.45. The van der Waals surface area contributed by atoms with Gasteiger partial charge in [0.05, 0.1) is 6.61 Å². The smallest absolute Gasteiger partial charge is 0.395 e. The summed E-state index contributed by atoms with van der Waals surface area (Å²) in [5, 5.41) is 9.64. The van der Waals surface area contributed by atoms with Gasteiger partial charge in [-0.2, -0.15) is 30.7 Å². The third-order valence-corrected chi connectivity index (χ3v) is 4.78. The van der Waals surface area contributed by atoms with Crippen LogP contribution in [0.5, 0.6) is 0 Å². The van der Waals surface area contributed by atoms with Crippen LogP contribution in [0, 0.1) is 0 Å². The van der Waals surface area contributed by atoms with E-state index in [0.29, 0.717) is 22.3 Å². The lowest BCUT2D eigenvalue weighted by atomic mass is 9.93. The lowest BCUT2D eigenvalue weighted by Crippen LogP contribution is -2.56. The van der Waals surface area contributed by atoms with E-state index in [4.69, 9.17) is 0 Å². The summed E-state index contributed by atoms with van der Waals surface area (Å²) < 4.78 is 93.0. The SMILES string of the molecule is CN=C(c1ccc2c(c1)-c1ccccc1C2CO)C(F)(F)C(F)(F)C(F)(F)F. The molecule has 0 spiro atoms. The summed E-state index contributed by atoms with van der Waals surface area (Å²) in [5.74, 6) is -12.3. The molecule has 1 aliphatic carbocycles. The Kier molecular flexibility index (Phi) is 4.77. The molecule has 0 amide bonds. The quantitative estimate of drug-likeness (QED) is 0.561. The zero-order chi connectivity index (χ0) is 20.9. The van der Waals surface area contributed by atoms with Gasteiger partial charge in [0.2, 0.25) is 0 Å². The molecule has 2 aromatic carbocycles. The molecular weight excluding hydrogens is 391 g/mol. The fraction of sp³-hybridized carbons (Fsp3) is 0.316. The molecule has 2 nitrogen and oxygen atoms in total. The van der Waals surface area contributed by atoms with Crippen molar-refractivity contribution in [2.75, 3.05) is 13.7 Å². The van der Waals surface area contributed by atoms with Gasteiger partial charge in [-0.3, -0.25) is 4.99 Å². The fourth-order valence-corrected chi connectivity index (χ4v) is 3.43. The second kappa shape index (κ2) is 6.58. The van der Waals surface area contributed by atoms with Crippen LogP contribution >= 0.6 is 0 Å². The maximum absolute atomic E-state index is 14.2. The van der Waals surface area contributed by atoms with Crippen LogP contribution in [0.4, 0.5) is 30.7 Å². The fourth-order valence-electron chi connectivity index (χ4n) is 3.43. The number of hydrogen-bond donors (Lipinski definition) is 1. The molecule has 3 rings (SSSR count). The predicted molar refractivity (Wildman–Crippen MR) is 89.2 cm³/mol. The number of aliphatic hydroxyl groups is 1. The number of benzene rings is 2. The topological polar surface area (TPSA) is 32.6 Å². The van der Waals surface area contributed by atoms with Crippen molar-refractivity contribution >= 4 is 5.71 Å². The normalized spacial score (nSPS) is 17.5. The number of hydrogen-bond acceptors (Lipinski definition) is 2. The van der Waals surface area contributed by atoms with Crippen molar-refractivity contribution in [3.8, 4) is 11.1 Å². The summed E-state index contributed by atoms with van der Waals surface area (Å²) in [6.45, 7) is -0.277. The second-order valence-corrected chi connectivity index (χ2v) is 6.34. The van der Waals surface area contributed by atoms with Gasteiger partial charge in [0.25, 0.3) is 0 Å². The van der Waals surface area contributed by atoms with E-state index in [1.807, 2.05) is 0 Å². The molecular formula is C19H14F7NO. The van der Waals surface area contributed by atoms with Crippen molar-refractivity contribution in [1.29, 1.82) is 0 Å². The highest BCUT2D eigenvalue weighted by molar-refractivity contribution is 6.07. The molecule has 0 aliphatic heterocycles. The molecule has 1 aliphatic rings. The van der Waals surface area contributed by atoms with Crippen molar-refractivity contribution in [1.82, 2.24) is 0 Å². The first-order chi connectivity index (χ1) is 13.0. The highest BCUT2D eigenvalue weighted by atomic mass is 19.4. The number of nitrogens with zero attached hydrogens (tertiary/aromatic N) is 1. The molecule has 0 saturated heterocycles. The van der Waals surface area contributed by atoms with E-state index in [-0.39, 0.29) is 6.61 Å². The van der Waals surface area contributed by atoms with Crippen LogP contribution in [0.15, 0.2) is 47.5 Å². The molecule has 0 bridgehead atoms. The van der Waals surface area contributed by atoms with Gasteiger partial charge in [0, 0.05) is 18.5 Å². The number of halogens is 7. The third-order valence-electron chi connectivity index (χ3n) is 4.78. The molecule has 0 heterocycles. The summed E-state index contributed by atoms with van der Waals surface area (Å²) in [4.78, 5) is 3.07. The largest absolute Gasteiger partial charge is 0.460 e. The number of aliphatic hydroxyl groups excluding tert-OH is 1. The molecule has 1 atom stereocenters. The van der Waals surface area contributed by atoms with E-state index in [9.17, 15) is 35.8 Å². The first kappa shape index (κ1) is 20.3. The summed E-state index contributed by atoms with van der Waals surface area (Å²) in [6, 6.07) is 10.2. The van der Waals surface area contributed by atoms with Crippen molar-refractivity contribution in [2.24, 2.45) is 4.99 Å². The van der Waals surface area contributed by atoms with Crippen molar-refractivity contribution in [3.05, 3.63) is 59.2 Å². The Morgan fingerprint density at radius 3 is 2.11 bits per heavy atom. The monoisotopic (exact) mass is 405 g/mol. The van der Waals surface area contributed by atoms with Gasteiger partial charge in [0.1, 0.15) is 5.71 Å². The van der Waals surface area contributed by atoms with Gasteiger partial charge in [-0.05, 0) is 28.3 Å². The Morgan fingerprint density at radius 2 is 1.54 bits per heavy atom. The summed E-state index contributed by atoms with van der Waals surface area (Å²) in [5.41, 5.74) is 0.0126. The Bertz CT molecular complexity index is 934. The van der Waals surface area contributed by atoms with Crippen molar-refractivity contribution < 1.29 is 35.8 Å². The highest BCUT2D eigenvalue weighted by Crippen LogP contribution is 2.49. The van der Waals surface area contributed by atoms with Gasteiger partial charge in [-0.1, -0.05) is 36.4 Å². The molecule has 150 valence electrons. The molecule has 28 heavy (non-hydrogen) atoms. The van der Waals surface area contributed by atoms with E-state index in [1.54, 1.807) is 24.3 Å². The maximum atomic E-state index is 14.2. The average Bonchev–Trinajstić information content (AvgIpc) is 2.94. The zero-order valence-electron chi connectivity index (χ0n) is 14.4. The van der Waals surface area contributed by atoms with Gasteiger partial charge in [-0.25, -0.2) is 0 Å². The van der Waals surface area contributed by atoms with E-state index in [1.165, 1.54) is 6.07 Å².